The third-order valence-corrected chi connectivity index (χ3v) is 4.85. The molecule has 3 rings (SSSR count). The molecule has 1 heterocycles. The van der Waals surface area contributed by atoms with Crippen LogP contribution in [0.15, 0.2) is 60.5 Å². The SMILES string of the molecule is CC(C)(C)C(=O)/C=C(\O)C(C)(C)C.Cc1[c-]c(-c2nccc3ccccc23)cc(C)c1.[Ir]. The van der Waals surface area contributed by atoms with Gasteiger partial charge in [-0.25, -0.2) is 0 Å². The molecule has 32 heavy (non-hydrogen) atoms. The van der Waals surface area contributed by atoms with Crippen LogP contribution in [0.3, 0.4) is 0 Å². The molecule has 3 aromatic rings. The molecule has 0 atom stereocenters. The van der Waals surface area contributed by atoms with Gasteiger partial charge in [0.1, 0.15) is 5.76 Å². The molecule has 0 saturated heterocycles. The number of fused-ring (bicyclic) bond motifs is 1. The second-order valence-corrected chi connectivity index (χ2v) is 10.0. The topological polar surface area (TPSA) is 50.2 Å². The third-order valence-electron chi connectivity index (χ3n) is 4.85. The Kier molecular flexibility index (Phi) is 9.56. The van der Waals surface area contributed by atoms with E-state index in [0.29, 0.717) is 0 Å². The van der Waals surface area contributed by atoms with Gasteiger partial charge in [0.05, 0.1) is 0 Å². The number of aryl methyl sites for hydroxylation is 2. The number of hydrogen-bond acceptors (Lipinski definition) is 3. The molecule has 0 unspecified atom stereocenters. The fourth-order valence-corrected chi connectivity index (χ4v) is 2.91. The van der Waals surface area contributed by atoms with Crippen molar-refractivity contribution in [3.05, 3.63) is 77.7 Å². The van der Waals surface area contributed by atoms with Crippen molar-refractivity contribution in [2.45, 2.75) is 55.4 Å². The Balaban J connectivity index is 0.000000330. The summed E-state index contributed by atoms with van der Waals surface area (Å²) in [6, 6.07) is 18.0. The van der Waals surface area contributed by atoms with Gasteiger partial charge in [-0.05, 0) is 22.5 Å². The van der Waals surface area contributed by atoms with E-state index in [4.69, 9.17) is 0 Å². The van der Waals surface area contributed by atoms with Gasteiger partial charge in [0.25, 0.3) is 0 Å². The van der Waals surface area contributed by atoms with Gasteiger partial charge in [-0.1, -0.05) is 79.7 Å². The molecule has 0 aliphatic rings. The van der Waals surface area contributed by atoms with Gasteiger partial charge in [-0.15, -0.1) is 34.9 Å². The van der Waals surface area contributed by atoms with E-state index >= 15 is 0 Å². The molecule has 2 aromatic carbocycles. The molecule has 0 bridgehead atoms. The number of pyridine rings is 1. The molecule has 4 heteroatoms. The first-order chi connectivity index (χ1) is 14.3. The Labute approximate surface area is 206 Å². The Morgan fingerprint density at radius 1 is 0.969 bits per heavy atom. The number of carbonyl (C=O) groups is 1. The summed E-state index contributed by atoms with van der Waals surface area (Å²) in [5.41, 5.74) is 3.72. The number of nitrogens with zero attached hydrogens (tertiary/aromatic N) is 1. The van der Waals surface area contributed by atoms with Gasteiger partial charge in [0.15, 0.2) is 5.78 Å². The van der Waals surface area contributed by atoms with Crippen molar-refractivity contribution in [3.8, 4) is 11.3 Å². The molecule has 1 aromatic heterocycles. The monoisotopic (exact) mass is 609 g/mol. The Morgan fingerprint density at radius 3 is 2.16 bits per heavy atom. The van der Waals surface area contributed by atoms with E-state index in [-0.39, 0.29) is 37.1 Å². The summed E-state index contributed by atoms with van der Waals surface area (Å²) in [6.45, 7) is 15.3. The zero-order valence-corrected chi connectivity index (χ0v) is 22.7. The maximum absolute atomic E-state index is 11.5. The Morgan fingerprint density at radius 2 is 1.59 bits per heavy atom. The van der Waals surface area contributed by atoms with Crippen molar-refractivity contribution < 1.29 is 30.0 Å². The zero-order valence-electron chi connectivity index (χ0n) is 20.3. The second kappa shape index (κ2) is 11.0. The van der Waals surface area contributed by atoms with Gasteiger partial charge < -0.3 is 10.1 Å². The van der Waals surface area contributed by atoms with Crippen LogP contribution in [-0.2, 0) is 24.9 Å². The average Bonchev–Trinajstić information content (AvgIpc) is 2.65. The van der Waals surface area contributed by atoms with Crippen LogP contribution < -0.4 is 0 Å². The van der Waals surface area contributed by atoms with Gasteiger partial charge in [0, 0.05) is 43.2 Å². The standard InChI is InChI=1S/C17H14N.C11H20O2.Ir/c1-12-9-13(2)11-15(10-12)17-16-6-4-3-5-14(16)7-8-18-17;1-10(2,3)8(12)7-9(13)11(4,5)6;/h3-10H,1-2H3;7,12H,1-6H3;/q-1;;/b;8-7-;. The van der Waals surface area contributed by atoms with Gasteiger partial charge in [0.2, 0.25) is 0 Å². The van der Waals surface area contributed by atoms with E-state index in [9.17, 15) is 9.90 Å². The number of aliphatic hydroxyl groups excluding tert-OH is 1. The van der Waals surface area contributed by atoms with Crippen molar-refractivity contribution >= 4 is 16.6 Å². The second-order valence-electron chi connectivity index (χ2n) is 10.0. The maximum atomic E-state index is 11.5. The maximum Gasteiger partial charge on any atom is 0.164 e. The third kappa shape index (κ3) is 7.69. The number of aliphatic hydroxyl groups is 1. The summed E-state index contributed by atoms with van der Waals surface area (Å²) >= 11 is 0. The molecule has 3 nitrogen and oxygen atoms in total. The summed E-state index contributed by atoms with van der Waals surface area (Å²) in [4.78, 5) is 16.0. The first-order valence-electron chi connectivity index (χ1n) is 10.6. The summed E-state index contributed by atoms with van der Waals surface area (Å²) in [5.74, 6) is 0.104. The van der Waals surface area contributed by atoms with Gasteiger partial charge >= 0.3 is 0 Å². The van der Waals surface area contributed by atoms with Crippen LogP contribution in [0.5, 0.6) is 0 Å². The number of benzene rings is 2. The molecule has 0 fully saturated rings. The zero-order chi connectivity index (χ0) is 23.4. The number of aromatic nitrogens is 1. The molecule has 1 N–H and O–H groups in total. The van der Waals surface area contributed by atoms with Crippen LogP contribution in [0.25, 0.3) is 22.0 Å². The number of rotatable bonds is 2. The Bertz CT molecular complexity index is 1080. The number of hydrogen-bond donors (Lipinski definition) is 1. The summed E-state index contributed by atoms with van der Waals surface area (Å²) in [6.07, 6.45) is 3.20. The van der Waals surface area contributed by atoms with Crippen LogP contribution in [0.4, 0.5) is 0 Å². The van der Waals surface area contributed by atoms with Gasteiger partial charge in [-0.3, -0.25) is 4.79 Å². The summed E-state index contributed by atoms with van der Waals surface area (Å²) in [5, 5.41) is 12.0. The quantitative estimate of drug-likeness (QED) is 0.187. The summed E-state index contributed by atoms with van der Waals surface area (Å²) < 4.78 is 0. The minimum atomic E-state index is -0.417. The van der Waals surface area contributed by atoms with Crippen molar-refractivity contribution in [2.24, 2.45) is 10.8 Å². The van der Waals surface area contributed by atoms with E-state index in [1.807, 2.05) is 53.8 Å². The largest absolute Gasteiger partial charge is 0.512 e. The molecule has 0 spiro atoms. The molecule has 1 radical (unpaired) electrons. The van der Waals surface area contributed by atoms with Crippen molar-refractivity contribution in [1.29, 1.82) is 0 Å². The molecule has 173 valence electrons. The van der Waals surface area contributed by atoms with E-state index < -0.39 is 5.41 Å². The van der Waals surface area contributed by atoms with Crippen LogP contribution in [0.2, 0.25) is 0 Å². The normalized spacial score (nSPS) is 11.9. The van der Waals surface area contributed by atoms with Crippen molar-refractivity contribution in [3.63, 3.8) is 0 Å². The number of carbonyl (C=O) groups excluding carboxylic acids is 1. The van der Waals surface area contributed by atoms with Crippen LogP contribution in [-0.4, -0.2) is 15.9 Å². The van der Waals surface area contributed by atoms with E-state index in [2.05, 4.69) is 61.3 Å². The molecular weight excluding hydrogens is 575 g/mol. The fraction of sp³-hybridized carbons (Fsp3) is 0.357. The molecule has 0 aliphatic heterocycles. The van der Waals surface area contributed by atoms with E-state index in [1.165, 1.54) is 22.4 Å². The minimum absolute atomic E-state index is 0. The molecule has 0 aliphatic carbocycles. The van der Waals surface area contributed by atoms with E-state index in [0.717, 1.165) is 16.8 Å². The predicted octanol–water partition coefficient (Wildman–Crippen LogP) is 7.41. The smallest absolute Gasteiger partial charge is 0.164 e. The minimum Gasteiger partial charge on any atom is -0.512 e. The molecule has 0 saturated carbocycles. The predicted molar refractivity (Wildman–Crippen MR) is 130 cm³/mol. The Hall–Kier alpha value is -2.29. The van der Waals surface area contributed by atoms with Gasteiger partial charge in [-0.2, -0.15) is 0 Å². The van der Waals surface area contributed by atoms with Crippen molar-refractivity contribution in [2.75, 3.05) is 0 Å². The number of ketones is 1. The van der Waals surface area contributed by atoms with Crippen LogP contribution in [0.1, 0.15) is 52.7 Å². The summed E-state index contributed by atoms with van der Waals surface area (Å²) in [7, 11) is 0. The average molecular weight is 609 g/mol. The van der Waals surface area contributed by atoms with E-state index in [1.54, 1.807) is 0 Å². The van der Waals surface area contributed by atoms with Crippen LogP contribution >= 0.6 is 0 Å². The molecule has 0 amide bonds. The first kappa shape index (κ1) is 27.7. The van der Waals surface area contributed by atoms with Crippen molar-refractivity contribution in [1.82, 2.24) is 4.98 Å². The van der Waals surface area contributed by atoms with Crippen LogP contribution in [0, 0.1) is 30.7 Å². The number of allylic oxidation sites excluding steroid dienone is 2. The first-order valence-corrected chi connectivity index (χ1v) is 10.6. The fourth-order valence-electron chi connectivity index (χ4n) is 2.91. The molecular formula is C28H34IrNO2-.